The fourth-order valence-corrected chi connectivity index (χ4v) is 3.79. The molecule has 0 unspecified atom stereocenters. The number of carbonyl (C=O) groups excluding carboxylic acids is 1. The first-order valence-electron chi connectivity index (χ1n) is 7.72. The normalized spacial score (nSPS) is 37.2. The van der Waals surface area contributed by atoms with Crippen molar-refractivity contribution in [3.8, 4) is 0 Å². The Kier molecular flexibility index (Phi) is 3.45. The van der Waals surface area contributed by atoms with Crippen LogP contribution in [0.5, 0.6) is 0 Å². The lowest BCUT2D eigenvalue weighted by Gasteiger charge is -2.40. The quantitative estimate of drug-likeness (QED) is 0.735. The molecule has 3 saturated heterocycles. The van der Waals surface area contributed by atoms with Gasteiger partial charge in [0.2, 0.25) is 0 Å². The van der Waals surface area contributed by atoms with E-state index in [1.165, 1.54) is 12.8 Å². The summed E-state index contributed by atoms with van der Waals surface area (Å²) in [5, 5.41) is 3.50. The predicted molar refractivity (Wildman–Crippen MR) is 75.6 cm³/mol. The van der Waals surface area contributed by atoms with Gasteiger partial charge in [0, 0.05) is 12.0 Å². The molecule has 0 aromatic rings. The van der Waals surface area contributed by atoms with E-state index < -0.39 is 5.60 Å². The Morgan fingerprint density at radius 2 is 2.20 bits per heavy atom. The van der Waals surface area contributed by atoms with Crippen molar-refractivity contribution in [2.75, 3.05) is 26.2 Å². The number of amides is 1. The molecule has 3 atom stereocenters. The molecule has 3 aliphatic rings. The molecule has 0 aromatic carbocycles. The maximum Gasteiger partial charge on any atom is 0.410 e. The number of piperidine rings is 1. The lowest BCUT2D eigenvalue weighted by molar-refractivity contribution is -0.0693. The second-order valence-corrected chi connectivity index (χ2v) is 7.48. The number of fused-ring (bicyclic) bond motifs is 3. The number of nitrogens with one attached hydrogen (secondary N) is 1. The number of nitrogens with zero attached hydrogens (tertiary/aromatic N) is 1. The van der Waals surface area contributed by atoms with Gasteiger partial charge in [0.1, 0.15) is 5.60 Å². The maximum atomic E-state index is 12.2. The molecule has 1 N–H and O–H groups in total. The number of rotatable bonds is 0. The zero-order valence-electron chi connectivity index (χ0n) is 12.8. The van der Waals surface area contributed by atoms with Crippen LogP contribution in [0, 0.1) is 5.41 Å². The van der Waals surface area contributed by atoms with Crippen molar-refractivity contribution in [1.29, 1.82) is 0 Å². The molecule has 5 heteroatoms. The van der Waals surface area contributed by atoms with Crippen molar-refractivity contribution in [2.45, 2.75) is 57.8 Å². The number of hydrogen-bond acceptors (Lipinski definition) is 4. The third kappa shape index (κ3) is 2.66. The number of morpholine rings is 1. The second-order valence-electron chi connectivity index (χ2n) is 7.48. The van der Waals surface area contributed by atoms with Crippen LogP contribution in [0.25, 0.3) is 0 Å². The Morgan fingerprint density at radius 1 is 1.40 bits per heavy atom. The smallest absolute Gasteiger partial charge is 0.410 e. The molecule has 0 saturated carbocycles. The van der Waals surface area contributed by atoms with Crippen molar-refractivity contribution in [2.24, 2.45) is 5.41 Å². The van der Waals surface area contributed by atoms with Gasteiger partial charge in [-0.25, -0.2) is 4.79 Å². The first kappa shape index (κ1) is 14.1. The summed E-state index contributed by atoms with van der Waals surface area (Å²) < 4.78 is 11.6. The molecular weight excluding hydrogens is 256 g/mol. The third-order valence-electron chi connectivity index (χ3n) is 4.64. The van der Waals surface area contributed by atoms with Crippen LogP contribution < -0.4 is 5.32 Å². The van der Waals surface area contributed by atoms with E-state index >= 15 is 0 Å². The summed E-state index contributed by atoms with van der Waals surface area (Å²) in [7, 11) is 0. The highest BCUT2D eigenvalue weighted by molar-refractivity contribution is 5.68. The molecule has 3 aliphatic heterocycles. The Hall–Kier alpha value is -0.810. The zero-order valence-corrected chi connectivity index (χ0v) is 12.8. The molecule has 0 radical (unpaired) electrons. The number of ether oxygens (including phenoxy) is 2. The first-order valence-corrected chi connectivity index (χ1v) is 7.72. The largest absolute Gasteiger partial charge is 0.444 e. The number of likely N-dealkylation sites (tertiary alicyclic amines) is 1. The maximum absolute atomic E-state index is 12.2. The van der Waals surface area contributed by atoms with Gasteiger partial charge in [-0.2, -0.15) is 0 Å². The molecule has 2 bridgehead atoms. The molecule has 1 spiro atoms. The molecule has 3 rings (SSSR count). The highest BCUT2D eigenvalue weighted by atomic mass is 16.6. The summed E-state index contributed by atoms with van der Waals surface area (Å²) >= 11 is 0. The van der Waals surface area contributed by atoms with Gasteiger partial charge in [-0.05, 0) is 46.6 Å². The summed E-state index contributed by atoms with van der Waals surface area (Å²) in [5.41, 5.74) is -0.196. The van der Waals surface area contributed by atoms with Crippen molar-refractivity contribution in [3.63, 3.8) is 0 Å². The van der Waals surface area contributed by atoms with Gasteiger partial charge in [0.05, 0.1) is 25.3 Å². The second kappa shape index (κ2) is 4.88. The topological polar surface area (TPSA) is 50.8 Å². The van der Waals surface area contributed by atoms with E-state index in [-0.39, 0.29) is 23.7 Å². The predicted octanol–water partition coefficient (Wildman–Crippen LogP) is 1.76. The van der Waals surface area contributed by atoms with Crippen molar-refractivity contribution >= 4 is 6.09 Å². The molecule has 20 heavy (non-hydrogen) atoms. The van der Waals surface area contributed by atoms with Crippen LogP contribution >= 0.6 is 0 Å². The van der Waals surface area contributed by atoms with Gasteiger partial charge in [-0.3, -0.25) is 0 Å². The lowest BCUT2D eigenvalue weighted by atomic mass is 9.74. The van der Waals surface area contributed by atoms with Gasteiger partial charge in [-0.1, -0.05) is 0 Å². The molecule has 0 aliphatic carbocycles. The SMILES string of the molecule is CC(C)(C)OC(=O)N1C[C@@H]2C[C@]3(CCCNC3)[C@H](C1)O2. The van der Waals surface area contributed by atoms with Crippen molar-refractivity contribution in [3.05, 3.63) is 0 Å². The monoisotopic (exact) mass is 282 g/mol. The number of hydrogen-bond donors (Lipinski definition) is 1. The van der Waals surface area contributed by atoms with E-state index in [0.29, 0.717) is 13.1 Å². The van der Waals surface area contributed by atoms with E-state index in [1.807, 2.05) is 25.7 Å². The fourth-order valence-electron chi connectivity index (χ4n) is 3.79. The van der Waals surface area contributed by atoms with Crippen LogP contribution in [0.2, 0.25) is 0 Å². The summed E-state index contributed by atoms with van der Waals surface area (Å²) in [4.78, 5) is 14.1. The fraction of sp³-hybridized carbons (Fsp3) is 0.933. The molecular formula is C15H26N2O3. The molecule has 0 aromatic heterocycles. The third-order valence-corrected chi connectivity index (χ3v) is 4.64. The summed E-state index contributed by atoms with van der Waals surface area (Å²) in [6.45, 7) is 9.21. The minimum atomic E-state index is -0.432. The van der Waals surface area contributed by atoms with E-state index in [0.717, 1.165) is 19.5 Å². The highest BCUT2D eigenvalue weighted by Gasteiger charge is 2.53. The summed E-state index contributed by atoms with van der Waals surface area (Å²) in [6, 6.07) is 0. The zero-order chi connectivity index (χ0) is 14.4. The van der Waals surface area contributed by atoms with Gasteiger partial charge in [-0.15, -0.1) is 0 Å². The Labute approximate surface area is 121 Å². The van der Waals surface area contributed by atoms with Crippen LogP contribution in [-0.2, 0) is 9.47 Å². The van der Waals surface area contributed by atoms with Gasteiger partial charge < -0.3 is 19.7 Å². The van der Waals surface area contributed by atoms with Crippen LogP contribution in [0.1, 0.15) is 40.0 Å². The van der Waals surface area contributed by atoms with Crippen molar-refractivity contribution in [1.82, 2.24) is 10.2 Å². The average Bonchev–Trinajstić information content (AvgIpc) is 2.59. The van der Waals surface area contributed by atoms with E-state index in [2.05, 4.69) is 5.32 Å². The standard InChI is InChI=1S/C15H26N2O3/c1-14(2,3)20-13(18)17-8-11-7-15(12(9-17)19-11)5-4-6-16-10-15/h11-12,16H,4-10H2,1-3H3/t11-,12-,15-/m0/s1. The van der Waals surface area contributed by atoms with Crippen LogP contribution in [0.4, 0.5) is 4.79 Å². The van der Waals surface area contributed by atoms with E-state index in [4.69, 9.17) is 9.47 Å². The Balaban J connectivity index is 1.67. The van der Waals surface area contributed by atoms with Gasteiger partial charge in [0.15, 0.2) is 0 Å². The first-order chi connectivity index (χ1) is 9.38. The highest BCUT2D eigenvalue weighted by Crippen LogP contribution is 2.46. The van der Waals surface area contributed by atoms with Gasteiger partial charge >= 0.3 is 6.09 Å². The summed E-state index contributed by atoms with van der Waals surface area (Å²) in [5.74, 6) is 0. The minimum Gasteiger partial charge on any atom is -0.444 e. The molecule has 3 fully saturated rings. The van der Waals surface area contributed by atoms with Crippen LogP contribution in [-0.4, -0.2) is 55.0 Å². The van der Waals surface area contributed by atoms with E-state index in [1.54, 1.807) is 0 Å². The molecule has 114 valence electrons. The van der Waals surface area contributed by atoms with E-state index in [9.17, 15) is 4.79 Å². The summed E-state index contributed by atoms with van der Waals surface area (Å²) in [6.07, 6.45) is 3.64. The Bertz CT molecular complexity index is 385. The number of carbonyl (C=O) groups is 1. The molecule has 1 amide bonds. The van der Waals surface area contributed by atoms with Gasteiger partial charge in [0.25, 0.3) is 0 Å². The van der Waals surface area contributed by atoms with Crippen LogP contribution in [0.3, 0.4) is 0 Å². The minimum absolute atomic E-state index is 0.168. The molecule has 3 heterocycles. The molecule has 5 nitrogen and oxygen atoms in total. The van der Waals surface area contributed by atoms with Crippen molar-refractivity contribution < 1.29 is 14.3 Å². The lowest BCUT2D eigenvalue weighted by Crippen LogP contribution is -2.52. The Morgan fingerprint density at radius 3 is 2.85 bits per heavy atom. The average molecular weight is 282 g/mol. The van der Waals surface area contributed by atoms with Crippen LogP contribution in [0.15, 0.2) is 0 Å².